The third-order valence-corrected chi connectivity index (χ3v) is 2.21. The molecule has 0 saturated carbocycles. The molecule has 1 aromatic rings. The predicted octanol–water partition coefficient (Wildman–Crippen LogP) is 1.58. The zero-order valence-electron chi connectivity index (χ0n) is 7.40. The summed E-state index contributed by atoms with van der Waals surface area (Å²) < 4.78 is 5.62. The molecule has 14 heavy (non-hydrogen) atoms. The van der Waals surface area contributed by atoms with Gasteiger partial charge < -0.3 is 14.9 Å². The van der Waals surface area contributed by atoms with Crippen LogP contribution in [0.2, 0.25) is 0 Å². The summed E-state index contributed by atoms with van der Waals surface area (Å²) >= 11 is 3.18. The van der Waals surface area contributed by atoms with Gasteiger partial charge in [0, 0.05) is 10.0 Å². The number of ether oxygens (including phenoxy) is 1. The summed E-state index contributed by atoms with van der Waals surface area (Å²) in [5.74, 6) is -0.954. The summed E-state index contributed by atoms with van der Waals surface area (Å²) in [6.07, 6.45) is -1.57. The van der Waals surface area contributed by atoms with E-state index in [4.69, 9.17) is 9.84 Å². The summed E-state index contributed by atoms with van der Waals surface area (Å²) in [5.41, 5.74) is 0.231. The Labute approximate surface area is 89.3 Å². The average Bonchev–Trinajstić information content (AvgIpc) is 2.16. The second-order valence-electron chi connectivity index (χ2n) is 2.63. The lowest BCUT2D eigenvalue weighted by molar-refractivity contribution is -0.147. The number of rotatable bonds is 3. The number of aliphatic carboxylic acids is 1. The number of hydrogen-bond acceptors (Lipinski definition) is 3. The molecule has 1 rings (SSSR count). The highest BCUT2D eigenvalue weighted by molar-refractivity contribution is 9.10. The number of benzene rings is 1. The number of aliphatic hydroxyl groups is 1. The largest absolute Gasteiger partial charge is 0.496 e. The summed E-state index contributed by atoms with van der Waals surface area (Å²) in [7, 11) is 1.42. The Hall–Kier alpha value is -1.07. The van der Waals surface area contributed by atoms with Crippen LogP contribution >= 0.6 is 15.9 Å². The van der Waals surface area contributed by atoms with E-state index in [2.05, 4.69) is 15.9 Å². The monoisotopic (exact) mass is 260 g/mol. The Morgan fingerprint density at radius 1 is 1.57 bits per heavy atom. The quantitative estimate of drug-likeness (QED) is 0.866. The van der Waals surface area contributed by atoms with Gasteiger partial charge in [-0.15, -0.1) is 0 Å². The van der Waals surface area contributed by atoms with E-state index in [0.29, 0.717) is 10.2 Å². The maximum absolute atomic E-state index is 10.6. The maximum atomic E-state index is 10.6. The molecule has 0 amide bonds. The lowest BCUT2D eigenvalue weighted by atomic mass is 10.1. The highest BCUT2D eigenvalue weighted by Crippen LogP contribution is 2.28. The molecule has 0 aliphatic carbocycles. The van der Waals surface area contributed by atoms with Gasteiger partial charge in [-0.05, 0) is 18.2 Å². The smallest absolute Gasteiger partial charge is 0.337 e. The van der Waals surface area contributed by atoms with Gasteiger partial charge in [-0.25, -0.2) is 4.79 Å². The Morgan fingerprint density at radius 3 is 2.71 bits per heavy atom. The molecule has 0 bridgehead atoms. The highest BCUT2D eigenvalue weighted by atomic mass is 79.9. The zero-order valence-corrected chi connectivity index (χ0v) is 8.98. The maximum Gasteiger partial charge on any atom is 0.337 e. The fourth-order valence-electron chi connectivity index (χ4n) is 1.05. The van der Waals surface area contributed by atoms with Crippen LogP contribution in [0.3, 0.4) is 0 Å². The standard InChI is InChI=1S/C9H9BrO4/c1-14-7-3-2-5(10)4-6(7)8(11)9(12)13/h2-4,8,11H,1H3,(H,12,13)/t8-/m0/s1. The topological polar surface area (TPSA) is 66.8 Å². The second-order valence-corrected chi connectivity index (χ2v) is 3.54. The van der Waals surface area contributed by atoms with Gasteiger partial charge in [0.15, 0.2) is 6.10 Å². The number of carbonyl (C=O) groups is 1. The molecule has 1 aromatic carbocycles. The number of halogens is 1. The van der Waals surface area contributed by atoms with E-state index < -0.39 is 12.1 Å². The third kappa shape index (κ3) is 2.24. The van der Waals surface area contributed by atoms with Gasteiger partial charge in [0.1, 0.15) is 5.75 Å². The van der Waals surface area contributed by atoms with Gasteiger partial charge in [0.25, 0.3) is 0 Å². The first-order valence-corrected chi connectivity index (χ1v) is 4.60. The summed E-state index contributed by atoms with van der Waals surface area (Å²) in [5, 5.41) is 18.0. The molecule has 1 atom stereocenters. The Bertz CT molecular complexity index is 351. The van der Waals surface area contributed by atoms with Crippen LogP contribution in [0.4, 0.5) is 0 Å². The molecule has 5 heteroatoms. The normalized spacial score (nSPS) is 12.2. The number of hydrogen-bond donors (Lipinski definition) is 2. The van der Waals surface area contributed by atoms with Gasteiger partial charge in [-0.1, -0.05) is 15.9 Å². The molecule has 0 saturated heterocycles. The van der Waals surface area contributed by atoms with Crippen LogP contribution in [0, 0.1) is 0 Å². The van der Waals surface area contributed by atoms with E-state index in [1.807, 2.05) is 0 Å². The first-order valence-electron chi connectivity index (χ1n) is 3.80. The van der Waals surface area contributed by atoms with E-state index in [1.54, 1.807) is 12.1 Å². The van der Waals surface area contributed by atoms with E-state index in [1.165, 1.54) is 13.2 Å². The Kier molecular flexibility index (Phi) is 3.49. The zero-order chi connectivity index (χ0) is 10.7. The minimum absolute atomic E-state index is 0.231. The molecule has 4 nitrogen and oxygen atoms in total. The van der Waals surface area contributed by atoms with Crippen LogP contribution in [0.1, 0.15) is 11.7 Å². The number of aliphatic hydroxyl groups excluding tert-OH is 1. The molecule has 0 unspecified atom stereocenters. The number of methoxy groups -OCH3 is 1. The van der Waals surface area contributed by atoms with E-state index in [9.17, 15) is 9.90 Å². The van der Waals surface area contributed by atoms with Crippen molar-refractivity contribution in [2.75, 3.05) is 7.11 Å². The summed E-state index contributed by atoms with van der Waals surface area (Å²) in [6.45, 7) is 0. The molecular weight excluding hydrogens is 252 g/mol. The van der Waals surface area contributed by atoms with Crippen molar-refractivity contribution in [1.82, 2.24) is 0 Å². The molecule has 0 radical (unpaired) electrons. The van der Waals surface area contributed by atoms with Gasteiger partial charge in [0.05, 0.1) is 7.11 Å². The minimum Gasteiger partial charge on any atom is -0.496 e. The molecule has 0 aromatic heterocycles. The van der Waals surface area contributed by atoms with Gasteiger partial charge >= 0.3 is 5.97 Å². The lowest BCUT2D eigenvalue weighted by Gasteiger charge is -2.11. The van der Waals surface area contributed by atoms with Gasteiger partial charge in [-0.3, -0.25) is 0 Å². The van der Waals surface area contributed by atoms with Crippen molar-refractivity contribution in [2.45, 2.75) is 6.10 Å². The van der Waals surface area contributed by atoms with Crippen LogP contribution in [0.5, 0.6) is 5.75 Å². The molecule has 2 N–H and O–H groups in total. The van der Waals surface area contributed by atoms with Crippen LogP contribution in [0.25, 0.3) is 0 Å². The van der Waals surface area contributed by atoms with Crippen LogP contribution in [0.15, 0.2) is 22.7 Å². The van der Waals surface area contributed by atoms with Crippen molar-refractivity contribution in [2.24, 2.45) is 0 Å². The van der Waals surface area contributed by atoms with Crippen molar-refractivity contribution >= 4 is 21.9 Å². The van der Waals surface area contributed by atoms with Gasteiger partial charge in [0.2, 0.25) is 0 Å². The Balaban J connectivity index is 3.16. The van der Waals surface area contributed by atoms with E-state index in [-0.39, 0.29) is 5.56 Å². The van der Waals surface area contributed by atoms with Crippen LogP contribution in [-0.4, -0.2) is 23.3 Å². The second kappa shape index (κ2) is 4.43. The molecule has 0 spiro atoms. The van der Waals surface area contributed by atoms with Crippen molar-refractivity contribution in [3.63, 3.8) is 0 Å². The molecular formula is C9H9BrO4. The molecule has 0 heterocycles. The molecule has 76 valence electrons. The van der Waals surface area contributed by atoms with Crippen LogP contribution < -0.4 is 4.74 Å². The van der Waals surface area contributed by atoms with E-state index in [0.717, 1.165) is 0 Å². The summed E-state index contributed by atoms with van der Waals surface area (Å²) in [6, 6.07) is 4.81. The average molecular weight is 261 g/mol. The fraction of sp³-hybridized carbons (Fsp3) is 0.222. The van der Waals surface area contributed by atoms with Crippen LogP contribution in [-0.2, 0) is 4.79 Å². The highest BCUT2D eigenvalue weighted by Gasteiger charge is 2.20. The molecule has 0 aliphatic heterocycles. The van der Waals surface area contributed by atoms with E-state index >= 15 is 0 Å². The molecule has 0 fully saturated rings. The first-order chi connectivity index (χ1) is 6.56. The van der Waals surface area contributed by atoms with Crippen molar-refractivity contribution in [3.05, 3.63) is 28.2 Å². The first kappa shape index (κ1) is 11.0. The van der Waals surface area contributed by atoms with Crippen molar-refractivity contribution < 1.29 is 19.7 Å². The summed E-state index contributed by atoms with van der Waals surface area (Å²) in [4.78, 5) is 10.6. The lowest BCUT2D eigenvalue weighted by Crippen LogP contribution is -2.11. The third-order valence-electron chi connectivity index (χ3n) is 1.72. The van der Waals surface area contributed by atoms with Crippen molar-refractivity contribution in [3.8, 4) is 5.75 Å². The van der Waals surface area contributed by atoms with Gasteiger partial charge in [-0.2, -0.15) is 0 Å². The number of carboxylic acids is 1. The Morgan fingerprint density at radius 2 is 2.21 bits per heavy atom. The predicted molar refractivity (Wildman–Crippen MR) is 53.3 cm³/mol. The number of carboxylic acid groups (broad SMARTS) is 1. The minimum atomic E-state index is -1.57. The van der Waals surface area contributed by atoms with Crippen molar-refractivity contribution in [1.29, 1.82) is 0 Å². The fourth-order valence-corrected chi connectivity index (χ4v) is 1.43. The SMILES string of the molecule is COc1ccc(Br)cc1[C@H](O)C(=O)O. The molecule has 0 aliphatic rings.